The minimum absolute atomic E-state index is 0.618. The SMILES string of the molecule is CCOC(=S)N(CC)CC. The third-order valence-corrected chi connectivity index (χ3v) is 1.67. The van der Waals surface area contributed by atoms with E-state index < -0.39 is 0 Å². The molecule has 0 aromatic rings. The maximum absolute atomic E-state index is 5.14. The lowest BCUT2D eigenvalue weighted by molar-refractivity contribution is 0.264. The first kappa shape index (κ1) is 9.69. The molecule has 3 heteroatoms. The molecule has 0 unspecified atom stereocenters. The van der Waals surface area contributed by atoms with Crippen molar-refractivity contribution < 1.29 is 4.74 Å². The standard InChI is InChI=1S/C7H15NOS/c1-4-8(5-2)7(10)9-6-3/h4-6H2,1-3H3. The second-order valence-electron chi connectivity index (χ2n) is 1.87. The van der Waals surface area contributed by atoms with Crippen LogP contribution in [0, 0.1) is 0 Å². The molecule has 0 rings (SSSR count). The van der Waals surface area contributed by atoms with Crippen LogP contribution in [0.15, 0.2) is 0 Å². The van der Waals surface area contributed by atoms with Crippen LogP contribution in [0.3, 0.4) is 0 Å². The summed E-state index contributed by atoms with van der Waals surface area (Å²) >= 11 is 4.98. The normalized spacial score (nSPS) is 9.10. The molecule has 0 saturated heterocycles. The van der Waals surface area contributed by atoms with E-state index in [0.29, 0.717) is 11.8 Å². The summed E-state index contributed by atoms with van der Waals surface area (Å²) < 4.78 is 5.14. The first-order valence-electron chi connectivity index (χ1n) is 3.67. The van der Waals surface area contributed by atoms with Crippen molar-refractivity contribution in [2.75, 3.05) is 19.7 Å². The summed E-state index contributed by atoms with van der Waals surface area (Å²) in [5.74, 6) is 0. The fraction of sp³-hybridized carbons (Fsp3) is 0.857. The Balaban J connectivity index is 3.65. The van der Waals surface area contributed by atoms with E-state index in [1.54, 1.807) is 0 Å². The maximum Gasteiger partial charge on any atom is 0.259 e. The van der Waals surface area contributed by atoms with Gasteiger partial charge in [0.2, 0.25) is 0 Å². The van der Waals surface area contributed by atoms with Crippen LogP contribution in [0.1, 0.15) is 20.8 Å². The zero-order valence-electron chi connectivity index (χ0n) is 6.89. The first-order valence-corrected chi connectivity index (χ1v) is 4.08. The Morgan fingerprint density at radius 2 is 1.80 bits per heavy atom. The molecule has 0 saturated carbocycles. The zero-order chi connectivity index (χ0) is 7.98. The van der Waals surface area contributed by atoms with E-state index in [9.17, 15) is 0 Å². The van der Waals surface area contributed by atoms with Gasteiger partial charge in [-0.1, -0.05) is 0 Å². The minimum Gasteiger partial charge on any atom is -0.471 e. The third kappa shape index (κ3) is 3.01. The van der Waals surface area contributed by atoms with Crippen LogP contribution in [-0.2, 0) is 4.74 Å². The molecular weight excluding hydrogens is 146 g/mol. The van der Waals surface area contributed by atoms with Gasteiger partial charge in [-0.2, -0.15) is 0 Å². The lowest BCUT2D eigenvalue weighted by Crippen LogP contribution is -2.30. The van der Waals surface area contributed by atoms with Crippen molar-refractivity contribution in [3.63, 3.8) is 0 Å². The van der Waals surface area contributed by atoms with Gasteiger partial charge in [-0.25, -0.2) is 0 Å². The van der Waals surface area contributed by atoms with E-state index in [0.717, 1.165) is 13.1 Å². The predicted octanol–water partition coefficient (Wildman–Crippen LogP) is 1.65. The Hall–Kier alpha value is -0.310. The topological polar surface area (TPSA) is 12.5 Å². The summed E-state index contributed by atoms with van der Waals surface area (Å²) in [6, 6.07) is 0. The summed E-state index contributed by atoms with van der Waals surface area (Å²) in [4.78, 5) is 2.01. The Labute approximate surface area is 68.2 Å². The molecular formula is C7H15NOS. The van der Waals surface area contributed by atoms with E-state index in [4.69, 9.17) is 17.0 Å². The molecule has 0 N–H and O–H groups in total. The van der Waals surface area contributed by atoms with Crippen molar-refractivity contribution in [3.05, 3.63) is 0 Å². The number of hydrogen-bond donors (Lipinski definition) is 0. The molecule has 60 valence electrons. The van der Waals surface area contributed by atoms with Crippen LogP contribution < -0.4 is 0 Å². The molecule has 0 aliphatic rings. The second-order valence-corrected chi connectivity index (χ2v) is 2.22. The molecule has 0 atom stereocenters. The lowest BCUT2D eigenvalue weighted by Gasteiger charge is -2.20. The molecule has 0 radical (unpaired) electrons. The quantitative estimate of drug-likeness (QED) is 0.584. The molecule has 10 heavy (non-hydrogen) atoms. The smallest absolute Gasteiger partial charge is 0.259 e. The van der Waals surface area contributed by atoms with Gasteiger partial charge < -0.3 is 9.64 Å². The Bertz CT molecular complexity index is 102. The van der Waals surface area contributed by atoms with Crippen LogP contribution in [0.4, 0.5) is 0 Å². The first-order chi connectivity index (χ1) is 4.76. The highest BCUT2D eigenvalue weighted by Crippen LogP contribution is 1.92. The van der Waals surface area contributed by atoms with E-state index in [1.165, 1.54) is 0 Å². The fourth-order valence-corrected chi connectivity index (χ4v) is 1.07. The van der Waals surface area contributed by atoms with Gasteiger partial charge in [0.15, 0.2) is 0 Å². The van der Waals surface area contributed by atoms with Gasteiger partial charge in [-0.3, -0.25) is 0 Å². The largest absolute Gasteiger partial charge is 0.471 e. The number of rotatable bonds is 3. The van der Waals surface area contributed by atoms with Crippen LogP contribution in [0.2, 0.25) is 0 Å². The van der Waals surface area contributed by atoms with Crippen molar-refractivity contribution in [1.29, 1.82) is 0 Å². The predicted molar refractivity (Wildman–Crippen MR) is 47.1 cm³/mol. The molecule has 0 aromatic carbocycles. The number of thiocarbonyl (C=S) groups is 1. The molecule has 0 aromatic heterocycles. The van der Waals surface area contributed by atoms with Crippen molar-refractivity contribution in [1.82, 2.24) is 4.90 Å². The average molecular weight is 161 g/mol. The summed E-state index contributed by atoms with van der Waals surface area (Å²) in [5, 5.41) is 0.618. The van der Waals surface area contributed by atoms with Crippen LogP contribution >= 0.6 is 12.2 Å². The van der Waals surface area contributed by atoms with Crippen molar-refractivity contribution >= 4 is 17.4 Å². The van der Waals surface area contributed by atoms with Crippen LogP contribution in [0.25, 0.3) is 0 Å². The lowest BCUT2D eigenvalue weighted by atomic mass is 10.6. The highest BCUT2D eigenvalue weighted by molar-refractivity contribution is 7.80. The fourth-order valence-electron chi connectivity index (χ4n) is 0.697. The molecule has 0 aliphatic carbocycles. The van der Waals surface area contributed by atoms with Gasteiger partial charge in [0, 0.05) is 13.1 Å². The minimum atomic E-state index is 0.618. The molecule has 0 bridgehead atoms. The van der Waals surface area contributed by atoms with E-state index in [2.05, 4.69) is 13.8 Å². The highest BCUT2D eigenvalue weighted by atomic mass is 32.1. The molecule has 2 nitrogen and oxygen atoms in total. The van der Waals surface area contributed by atoms with Crippen molar-refractivity contribution in [2.24, 2.45) is 0 Å². The Morgan fingerprint density at radius 1 is 1.30 bits per heavy atom. The van der Waals surface area contributed by atoms with Crippen molar-refractivity contribution in [3.8, 4) is 0 Å². The average Bonchev–Trinajstić information content (AvgIpc) is 1.91. The monoisotopic (exact) mass is 161 g/mol. The Morgan fingerprint density at radius 3 is 2.10 bits per heavy atom. The van der Waals surface area contributed by atoms with Gasteiger partial charge in [0.25, 0.3) is 5.17 Å². The number of hydrogen-bond acceptors (Lipinski definition) is 2. The van der Waals surface area contributed by atoms with Gasteiger partial charge in [0.05, 0.1) is 6.61 Å². The van der Waals surface area contributed by atoms with Gasteiger partial charge in [-0.15, -0.1) is 0 Å². The molecule has 0 fully saturated rings. The van der Waals surface area contributed by atoms with Crippen molar-refractivity contribution in [2.45, 2.75) is 20.8 Å². The number of nitrogens with zero attached hydrogens (tertiary/aromatic N) is 1. The third-order valence-electron chi connectivity index (χ3n) is 1.29. The summed E-state index contributed by atoms with van der Waals surface area (Å²) in [6.07, 6.45) is 0. The molecule has 0 heterocycles. The molecule has 0 spiro atoms. The van der Waals surface area contributed by atoms with Gasteiger partial charge in [-0.05, 0) is 33.0 Å². The highest BCUT2D eigenvalue weighted by Gasteiger charge is 2.03. The van der Waals surface area contributed by atoms with E-state index in [1.807, 2.05) is 11.8 Å². The van der Waals surface area contributed by atoms with Gasteiger partial charge in [0.1, 0.15) is 0 Å². The molecule has 0 amide bonds. The second kappa shape index (κ2) is 5.47. The summed E-state index contributed by atoms with van der Waals surface area (Å²) in [7, 11) is 0. The van der Waals surface area contributed by atoms with Crippen LogP contribution in [-0.4, -0.2) is 29.8 Å². The zero-order valence-corrected chi connectivity index (χ0v) is 7.70. The number of ether oxygens (including phenoxy) is 1. The van der Waals surface area contributed by atoms with Crippen LogP contribution in [0.5, 0.6) is 0 Å². The van der Waals surface area contributed by atoms with Gasteiger partial charge >= 0.3 is 0 Å². The maximum atomic E-state index is 5.14. The molecule has 0 aliphatic heterocycles. The van der Waals surface area contributed by atoms with E-state index in [-0.39, 0.29) is 0 Å². The Kier molecular flexibility index (Phi) is 5.30. The summed E-state index contributed by atoms with van der Waals surface area (Å²) in [6.45, 7) is 8.58. The summed E-state index contributed by atoms with van der Waals surface area (Å²) in [5.41, 5.74) is 0. The van der Waals surface area contributed by atoms with E-state index >= 15 is 0 Å².